The van der Waals surface area contributed by atoms with Gasteiger partial charge in [-0.3, -0.25) is 0 Å². The van der Waals surface area contributed by atoms with Crippen LogP contribution in [0.15, 0.2) is 23.3 Å². The molecule has 2 unspecified atom stereocenters. The maximum atomic E-state index is 5.66. The van der Waals surface area contributed by atoms with Crippen molar-refractivity contribution in [1.82, 2.24) is 0 Å². The molecule has 1 fully saturated rings. The summed E-state index contributed by atoms with van der Waals surface area (Å²) in [5.74, 6) is 1.79. The minimum Gasteiger partial charge on any atom is -0.377 e. The zero-order valence-corrected chi connectivity index (χ0v) is 11.8. The Morgan fingerprint density at radius 3 is 2.82 bits per heavy atom. The Hall–Kier alpha value is -0.560. The van der Waals surface area contributed by atoms with Crippen molar-refractivity contribution in [1.29, 1.82) is 0 Å². The Bertz CT molecular complexity index is 331. The molecule has 0 heterocycles. The van der Waals surface area contributed by atoms with E-state index in [0.29, 0.717) is 5.41 Å². The molecule has 2 bridgehead atoms. The highest BCUT2D eigenvalue weighted by atomic mass is 16.5. The lowest BCUT2D eigenvalue weighted by molar-refractivity contribution is -0.0105. The number of hydrogen-bond donors (Lipinski definition) is 0. The van der Waals surface area contributed by atoms with Crippen molar-refractivity contribution in [2.75, 3.05) is 13.2 Å². The van der Waals surface area contributed by atoms with Gasteiger partial charge in [-0.05, 0) is 50.4 Å². The highest BCUT2D eigenvalue weighted by Crippen LogP contribution is 2.59. The summed E-state index contributed by atoms with van der Waals surface area (Å²) in [6.45, 7) is 10.7. The Labute approximate surface area is 106 Å². The van der Waals surface area contributed by atoms with Crippen LogP contribution in [-0.2, 0) is 4.74 Å². The Balaban J connectivity index is 1.74. The van der Waals surface area contributed by atoms with Gasteiger partial charge in [0.05, 0.1) is 13.2 Å². The van der Waals surface area contributed by atoms with Crippen molar-refractivity contribution in [2.45, 2.75) is 47.0 Å². The van der Waals surface area contributed by atoms with Crippen LogP contribution in [0.4, 0.5) is 0 Å². The third kappa shape index (κ3) is 2.65. The molecule has 17 heavy (non-hydrogen) atoms. The molecule has 0 N–H and O–H groups in total. The van der Waals surface area contributed by atoms with Gasteiger partial charge in [-0.2, -0.15) is 0 Å². The summed E-state index contributed by atoms with van der Waals surface area (Å²) >= 11 is 0. The second-order valence-electron chi connectivity index (χ2n) is 6.43. The zero-order valence-electron chi connectivity index (χ0n) is 11.8. The van der Waals surface area contributed by atoms with Crippen LogP contribution in [0.3, 0.4) is 0 Å². The lowest BCUT2D eigenvalue weighted by atomic mass is 9.48. The molecule has 2 atom stereocenters. The van der Waals surface area contributed by atoms with Crippen molar-refractivity contribution in [3.63, 3.8) is 0 Å². The van der Waals surface area contributed by atoms with Gasteiger partial charge in [0, 0.05) is 0 Å². The van der Waals surface area contributed by atoms with Crippen LogP contribution in [-0.4, -0.2) is 13.2 Å². The van der Waals surface area contributed by atoms with Crippen LogP contribution in [0.25, 0.3) is 0 Å². The van der Waals surface area contributed by atoms with Crippen LogP contribution >= 0.6 is 0 Å². The van der Waals surface area contributed by atoms with Gasteiger partial charge in [0.2, 0.25) is 0 Å². The van der Waals surface area contributed by atoms with Gasteiger partial charge in [-0.1, -0.05) is 37.1 Å². The maximum Gasteiger partial charge on any atom is 0.0650 e. The van der Waals surface area contributed by atoms with Crippen molar-refractivity contribution in [2.24, 2.45) is 17.3 Å². The minimum atomic E-state index is 0.560. The van der Waals surface area contributed by atoms with E-state index in [-0.39, 0.29) is 0 Å². The summed E-state index contributed by atoms with van der Waals surface area (Å²) in [6, 6.07) is 0. The summed E-state index contributed by atoms with van der Waals surface area (Å²) in [5.41, 5.74) is 3.56. The third-order valence-electron chi connectivity index (χ3n) is 4.73. The average molecular weight is 234 g/mol. The first kappa shape index (κ1) is 12.9. The van der Waals surface area contributed by atoms with E-state index in [4.69, 9.17) is 4.74 Å². The summed E-state index contributed by atoms with van der Waals surface area (Å²) in [7, 11) is 0. The van der Waals surface area contributed by atoms with E-state index in [1.807, 2.05) is 0 Å². The third-order valence-corrected chi connectivity index (χ3v) is 4.73. The molecule has 0 radical (unpaired) electrons. The van der Waals surface area contributed by atoms with Crippen LogP contribution in [0.5, 0.6) is 0 Å². The molecular formula is C16H26O. The molecule has 0 spiro atoms. The topological polar surface area (TPSA) is 9.23 Å². The Morgan fingerprint density at radius 2 is 2.24 bits per heavy atom. The number of fused-ring (bicyclic) bond motifs is 1. The molecule has 3 aliphatic rings. The molecule has 3 aliphatic carbocycles. The van der Waals surface area contributed by atoms with E-state index in [0.717, 1.165) is 31.5 Å². The van der Waals surface area contributed by atoms with Crippen LogP contribution in [0.1, 0.15) is 47.0 Å². The Kier molecular flexibility index (Phi) is 3.77. The lowest BCUT2D eigenvalue weighted by Crippen LogP contribution is -2.48. The molecule has 0 aromatic heterocycles. The number of rotatable bonds is 5. The zero-order chi connectivity index (χ0) is 12.5. The fourth-order valence-electron chi connectivity index (χ4n) is 3.26. The molecular weight excluding hydrogens is 208 g/mol. The quantitative estimate of drug-likeness (QED) is 0.507. The van der Waals surface area contributed by atoms with E-state index >= 15 is 0 Å². The molecule has 0 aromatic carbocycles. The lowest BCUT2D eigenvalue weighted by Gasteiger charge is -2.56. The fraction of sp³-hybridized carbons (Fsp3) is 0.750. The predicted molar refractivity (Wildman–Crippen MR) is 72.9 cm³/mol. The van der Waals surface area contributed by atoms with E-state index in [1.165, 1.54) is 18.4 Å². The molecule has 0 aliphatic heterocycles. The number of ether oxygens (including phenoxy) is 1. The fourth-order valence-corrected chi connectivity index (χ4v) is 3.26. The van der Waals surface area contributed by atoms with Gasteiger partial charge in [0.1, 0.15) is 0 Å². The van der Waals surface area contributed by atoms with E-state index < -0.39 is 0 Å². The van der Waals surface area contributed by atoms with Gasteiger partial charge in [-0.25, -0.2) is 0 Å². The first-order chi connectivity index (χ1) is 8.01. The molecule has 1 nitrogen and oxygen atoms in total. The van der Waals surface area contributed by atoms with Crippen LogP contribution in [0.2, 0.25) is 0 Å². The average Bonchev–Trinajstić information content (AvgIpc) is 2.28. The van der Waals surface area contributed by atoms with E-state index in [1.54, 1.807) is 5.57 Å². The van der Waals surface area contributed by atoms with Gasteiger partial charge in [0.15, 0.2) is 0 Å². The summed E-state index contributed by atoms with van der Waals surface area (Å²) in [5, 5.41) is 0. The second kappa shape index (κ2) is 4.97. The van der Waals surface area contributed by atoms with Crippen molar-refractivity contribution in [3.05, 3.63) is 23.3 Å². The minimum absolute atomic E-state index is 0.560. The molecule has 1 heteroatoms. The molecule has 0 amide bonds. The predicted octanol–water partition coefficient (Wildman–Crippen LogP) is 4.35. The number of hydrogen-bond acceptors (Lipinski definition) is 1. The largest absolute Gasteiger partial charge is 0.377 e. The van der Waals surface area contributed by atoms with Crippen LogP contribution in [0, 0.1) is 17.3 Å². The first-order valence-electron chi connectivity index (χ1n) is 6.92. The van der Waals surface area contributed by atoms with Crippen molar-refractivity contribution >= 4 is 0 Å². The molecule has 0 aromatic rings. The molecule has 0 saturated heterocycles. The van der Waals surface area contributed by atoms with E-state index in [9.17, 15) is 0 Å². The maximum absolute atomic E-state index is 5.66. The van der Waals surface area contributed by atoms with Gasteiger partial charge in [-0.15, -0.1) is 0 Å². The number of allylic oxidation sites excluding steroid dienone is 2. The van der Waals surface area contributed by atoms with Gasteiger partial charge >= 0.3 is 0 Å². The van der Waals surface area contributed by atoms with Gasteiger partial charge < -0.3 is 4.74 Å². The highest BCUT2D eigenvalue weighted by molar-refractivity contribution is 5.23. The Morgan fingerprint density at radius 1 is 1.47 bits per heavy atom. The van der Waals surface area contributed by atoms with Crippen molar-refractivity contribution in [3.8, 4) is 0 Å². The van der Waals surface area contributed by atoms with Crippen molar-refractivity contribution < 1.29 is 4.74 Å². The molecule has 96 valence electrons. The SMILES string of the molecule is CC(C)=CCOCCC1=CCC2CC1C2(C)C. The van der Waals surface area contributed by atoms with Gasteiger partial charge in [0.25, 0.3) is 0 Å². The summed E-state index contributed by atoms with van der Waals surface area (Å²) in [4.78, 5) is 0. The van der Waals surface area contributed by atoms with Crippen LogP contribution < -0.4 is 0 Å². The molecule has 1 saturated carbocycles. The standard InChI is InChI=1S/C16H26O/c1-12(2)7-9-17-10-8-13-5-6-14-11-15(13)16(14,3)4/h5,7,14-15H,6,8-11H2,1-4H3. The summed E-state index contributed by atoms with van der Waals surface area (Å²) < 4.78 is 5.66. The second-order valence-corrected chi connectivity index (χ2v) is 6.43. The normalized spacial score (nSPS) is 29.3. The van der Waals surface area contributed by atoms with E-state index in [2.05, 4.69) is 39.8 Å². The monoisotopic (exact) mass is 234 g/mol. The smallest absolute Gasteiger partial charge is 0.0650 e. The molecule has 3 rings (SSSR count). The highest BCUT2D eigenvalue weighted by Gasteiger charge is 2.50. The summed E-state index contributed by atoms with van der Waals surface area (Å²) in [6.07, 6.45) is 8.49. The first-order valence-corrected chi connectivity index (χ1v) is 6.92.